The highest BCUT2D eigenvalue weighted by molar-refractivity contribution is 7.19. The summed E-state index contributed by atoms with van der Waals surface area (Å²) in [6.45, 7) is 8.67. The van der Waals surface area contributed by atoms with Crippen molar-refractivity contribution < 1.29 is 9.90 Å². The van der Waals surface area contributed by atoms with Gasteiger partial charge in [-0.25, -0.2) is 0 Å². The van der Waals surface area contributed by atoms with Crippen molar-refractivity contribution in [2.24, 2.45) is 0 Å². The lowest BCUT2D eigenvalue weighted by molar-refractivity contribution is -0.144. The van der Waals surface area contributed by atoms with Gasteiger partial charge in [-0.2, -0.15) is 0 Å². The molecule has 0 saturated heterocycles. The largest absolute Gasteiger partial charge is 0.481 e. The predicted octanol–water partition coefficient (Wildman–Crippen LogP) is 6.86. The lowest BCUT2D eigenvalue weighted by Gasteiger charge is -2.31. The summed E-state index contributed by atoms with van der Waals surface area (Å²) in [6.07, 6.45) is 6.75. The van der Waals surface area contributed by atoms with E-state index in [0.29, 0.717) is 31.4 Å². The summed E-state index contributed by atoms with van der Waals surface area (Å²) in [5.74, 6) is -0.885. The van der Waals surface area contributed by atoms with Crippen LogP contribution in [0.5, 0.6) is 0 Å². The molecule has 176 valence electrons. The number of aliphatic carboxylic acids is 1. The predicted molar refractivity (Wildman–Crippen MR) is 138 cm³/mol. The Morgan fingerprint density at radius 1 is 1.09 bits per heavy atom. The minimum atomic E-state index is -1.20. The Morgan fingerprint density at radius 3 is 2.39 bits per heavy atom. The molecular weight excluding hydrogens is 430 g/mol. The molecule has 2 heterocycles. The molecule has 0 aliphatic heterocycles. The van der Waals surface area contributed by atoms with Crippen LogP contribution in [0.2, 0.25) is 0 Å². The number of aryl methyl sites for hydroxylation is 4. The molecular formula is C28H35NO3S. The zero-order valence-corrected chi connectivity index (χ0v) is 21.1. The average Bonchev–Trinajstić information content (AvgIpc) is 3.19. The van der Waals surface area contributed by atoms with E-state index in [1.807, 2.05) is 18.4 Å². The molecule has 0 bridgehead atoms. The second-order valence-electron chi connectivity index (χ2n) is 9.45. The highest BCUT2D eigenvalue weighted by Crippen LogP contribution is 2.46. The molecule has 0 spiro atoms. The number of carboxylic acids is 1. The molecule has 5 heteroatoms. The van der Waals surface area contributed by atoms with E-state index in [0.717, 1.165) is 52.6 Å². The summed E-state index contributed by atoms with van der Waals surface area (Å²) in [5.41, 5.74) is 3.51. The van der Waals surface area contributed by atoms with Gasteiger partial charge in [0.2, 0.25) is 0 Å². The van der Waals surface area contributed by atoms with Gasteiger partial charge >= 0.3 is 5.97 Å². The number of thiophene rings is 1. The fourth-order valence-corrected chi connectivity index (χ4v) is 7.03. The van der Waals surface area contributed by atoms with Gasteiger partial charge in [0.1, 0.15) is 4.83 Å². The summed E-state index contributed by atoms with van der Waals surface area (Å²) in [5, 5.41) is 11.7. The van der Waals surface area contributed by atoms with Crippen molar-refractivity contribution >= 4 is 27.5 Å². The second-order valence-corrected chi connectivity index (χ2v) is 10.5. The van der Waals surface area contributed by atoms with Crippen LogP contribution >= 0.6 is 11.3 Å². The van der Waals surface area contributed by atoms with Crippen molar-refractivity contribution in [3.8, 4) is 11.1 Å². The zero-order chi connectivity index (χ0) is 23.8. The molecule has 0 radical (unpaired) electrons. The highest BCUT2D eigenvalue weighted by Gasteiger charge is 2.44. The van der Waals surface area contributed by atoms with Crippen LogP contribution in [0.15, 0.2) is 29.1 Å². The fourth-order valence-electron chi connectivity index (χ4n) is 5.61. The first-order valence-electron chi connectivity index (χ1n) is 12.4. The minimum Gasteiger partial charge on any atom is -0.481 e. The van der Waals surface area contributed by atoms with Gasteiger partial charge in [-0.1, -0.05) is 57.0 Å². The number of nitrogens with zero attached hydrogens (tertiary/aromatic N) is 1. The van der Waals surface area contributed by atoms with Gasteiger partial charge in [0.25, 0.3) is 5.56 Å². The molecule has 1 aliphatic carbocycles. The molecule has 4 nitrogen and oxygen atoms in total. The number of hydrogen-bond acceptors (Lipinski definition) is 3. The number of fused-ring (bicyclic) bond motifs is 3. The van der Waals surface area contributed by atoms with Crippen molar-refractivity contribution in [1.29, 1.82) is 0 Å². The molecule has 1 aliphatic rings. The van der Waals surface area contributed by atoms with Crippen molar-refractivity contribution in [1.82, 2.24) is 4.57 Å². The van der Waals surface area contributed by atoms with Gasteiger partial charge < -0.3 is 5.11 Å². The monoisotopic (exact) mass is 465 g/mol. The van der Waals surface area contributed by atoms with Gasteiger partial charge in [-0.15, -0.1) is 11.3 Å². The number of pyridine rings is 1. The number of aromatic nitrogens is 1. The Hall–Kier alpha value is -2.40. The quantitative estimate of drug-likeness (QED) is 0.395. The van der Waals surface area contributed by atoms with Crippen molar-refractivity contribution in [2.45, 2.75) is 91.0 Å². The number of carboxylic acid groups (broad SMARTS) is 1. The Labute approximate surface area is 200 Å². The van der Waals surface area contributed by atoms with Crippen LogP contribution < -0.4 is 5.56 Å². The molecule has 1 unspecified atom stereocenters. The molecule has 0 saturated carbocycles. The smallest absolute Gasteiger partial charge is 0.314 e. The summed E-state index contributed by atoms with van der Waals surface area (Å²) < 4.78 is 1.90. The van der Waals surface area contributed by atoms with Gasteiger partial charge in [0.05, 0.1) is 5.41 Å². The van der Waals surface area contributed by atoms with E-state index < -0.39 is 11.4 Å². The summed E-state index contributed by atoms with van der Waals surface area (Å²) in [4.78, 5) is 29.6. The zero-order valence-electron chi connectivity index (χ0n) is 20.3. The van der Waals surface area contributed by atoms with Crippen LogP contribution in [0.3, 0.4) is 0 Å². The van der Waals surface area contributed by atoms with Gasteiger partial charge in [-0.3, -0.25) is 14.2 Å². The topological polar surface area (TPSA) is 59.3 Å². The van der Waals surface area contributed by atoms with Crippen molar-refractivity contribution in [2.75, 3.05) is 0 Å². The molecule has 3 aromatic rings. The molecule has 1 N–H and O–H groups in total. The maximum Gasteiger partial charge on any atom is 0.314 e. The number of carbonyl (C=O) groups is 1. The van der Waals surface area contributed by atoms with E-state index in [1.54, 1.807) is 11.3 Å². The Balaban J connectivity index is 2.25. The van der Waals surface area contributed by atoms with Crippen LogP contribution in [-0.2, 0) is 29.6 Å². The maximum atomic E-state index is 14.2. The second kappa shape index (κ2) is 9.46. The van der Waals surface area contributed by atoms with E-state index in [9.17, 15) is 14.7 Å². The van der Waals surface area contributed by atoms with E-state index in [1.165, 1.54) is 16.9 Å². The summed E-state index contributed by atoms with van der Waals surface area (Å²) in [7, 11) is 0. The fraction of sp³-hybridized carbons (Fsp3) is 0.500. The van der Waals surface area contributed by atoms with Gasteiger partial charge in [0, 0.05) is 27.9 Å². The van der Waals surface area contributed by atoms with E-state index in [2.05, 4.69) is 38.1 Å². The van der Waals surface area contributed by atoms with Crippen LogP contribution in [0.25, 0.3) is 21.3 Å². The van der Waals surface area contributed by atoms with E-state index >= 15 is 0 Å². The number of rotatable bonds is 8. The summed E-state index contributed by atoms with van der Waals surface area (Å²) >= 11 is 1.76. The number of hydrogen-bond donors (Lipinski definition) is 1. The Morgan fingerprint density at radius 2 is 1.79 bits per heavy atom. The Kier molecular flexibility index (Phi) is 6.81. The molecule has 1 atom stereocenters. The first-order valence-corrected chi connectivity index (χ1v) is 13.2. The van der Waals surface area contributed by atoms with Gasteiger partial charge in [0.15, 0.2) is 0 Å². The molecule has 4 rings (SSSR count). The SMILES string of the molecule is CCCn1c(=O)c(C(CC)(CCC)C(=O)O)c(-c2ccc(C)cc2)c2c3c(sc21)CCCC3. The summed E-state index contributed by atoms with van der Waals surface area (Å²) in [6, 6.07) is 8.27. The highest BCUT2D eigenvalue weighted by atomic mass is 32.1. The first-order chi connectivity index (χ1) is 15.9. The van der Waals surface area contributed by atoms with Crippen LogP contribution in [-0.4, -0.2) is 15.6 Å². The Bertz CT molecular complexity index is 1230. The normalized spacial score (nSPS) is 15.4. The maximum absolute atomic E-state index is 14.2. The van der Waals surface area contributed by atoms with E-state index in [-0.39, 0.29) is 5.56 Å². The third-order valence-electron chi connectivity index (χ3n) is 7.31. The third-order valence-corrected chi connectivity index (χ3v) is 8.63. The molecule has 1 aromatic carbocycles. The lowest BCUT2D eigenvalue weighted by Crippen LogP contribution is -2.42. The van der Waals surface area contributed by atoms with Crippen molar-refractivity contribution in [3.63, 3.8) is 0 Å². The van der Waals surface area contributed by atoms with E-state index in [4.69, 9.17) is 0 Å². The van der Waals surface area contributed by atoms with Crippen molar-refractivity contribution in [3.05, 3.63) is 56.2 Å². The van der Waals surface area contributed by atoms with Crippen LogP contribution in [0.4, 0.5) is 0 Å². The average molecular weight is 466 g/mol. The lowest BCUT2D eigenvalue weighted by atomic mass is 9.71. The standard InChI is InChI=1S/C28H35NO3S/c1-5-16-28(7-3,27(31)32)24-22(19-14-12-18(4)13-15-19)23-20-10-8-9-11-21(20)33-26(23)29(17-6-2)25(24)30/h12-15H,5-11,16-17H2,1-4H3,(H,31,32). The van der Waals surface area contributed by atoms with Crippen LogP contribution in [0.1, 0.15) is 80.9 Å². The molecule has 0 fully saturated rings. The molecule has 0 amide bonds. The molecule has 2 aromatic heterocycles. The third kappa shape index (κ3) is 3.84. The minimum absolute atomic E-state index is 0.115. The first kappa shape index (κ1) is 23.7. The molecule has 33 heavy (non-hydrogen) atoms. The van der Waals surface area contributed by atoms with Crippen LogP contribution in [0, 0.1) is 6.92 Å². The number of benzene rings is 1. The van der Waals surface area contributed by atoms with Gasteiger partial charge in [-0.05, 0) is 63.0 Å².